The predicted molar refractivity (Wildman–Crippen MR) is 89.3 cm³/mol. The van der Waals surface area contributed by atoms with E-state index < -0.39 is 0 Å². The van der Waals surface area contributed by atoms with Crippen molar-refractivity contribution < 1.29 is 0 Å². The summed E-state index contributed by atoms with van der Waals surface area (Å²) >= 11 is 12.4. The van der Waals surface area contributed by atoms with Crippen molar-refractivity contribution >= 4 is 39.9 Å². The van der Waals surface area contributed by atoms with Crippen LogP contribution in [0.15, 0.2) is 36.4 Å². The first-order chi connectivity index (χ1) is 10.1. The Labute approximate surface area is 132 Å². The van der Waals surface area contributed by atoms with Crippen molar-refractivity contribution in [3.05, 3.63) is 52.0 Å². The standard InChI is InChI=1S/C16H13Cl2N3/c1-9-3-5-11(13(18)7-9)16-20-14-6-4-10(17)8-12(14)15(19-2)21-16/h3-8H,1-2H3,(H,19,20,21). The van der Waals surface area contributed by atoms with Crippen molar-refractivity contribution in [2.24, 2.45) is 0 Å². The number of nitrogens with zero attached hydrogens (tertiary/aromatic N) is 2. The molecule has 1 aromatic heterocycles. The molecule has 0 saturated heterocycles. The van der Waals surface area contributed by atoms with Gasteiger partial charge in [-0.2, -0.15) is 0 Å². The SMILES string of the molecule is CNc1nc(-c2ccc(C)cc2Cl)nc2ccc(Cl)cc12. The highest BCUT2D eigenvalue weighted by Crippen LogP contribution is 2.30. The van der Waals surface area contributed by atoms with Crippen LogP contribution < -0.4 is 5.32 Å². The van der Waals surface area contributed by atoms with Gasteiger partial charge in [0.1, 0.15) is 5.82 Å². The molecule has 0 aliphatic rings. The lowest BCUT2D eigenvalue weighted by Gasteiger charge is -2.10. The topological polar surface area (TPSA) is 37.8 Å². The van der Waals surface area contributed by atoms with E-state index >= 15 is 0 Å². The second kappa shape index (κ2) is 5.51. The minimum Gasteiger partial charge on any atom is -0.373 e. The highest BCUT2D eigenvalue weighted by molar-refractivity contribution is 6.33. The third-order valence-electron chi connectivity index (χ3n) is 3.26. The molecule has 3 rings (SSSR count). The molecule has 1 N–H and O–H groups in total. The third kappa shape index (κ3) is 2.67. The molecule has 0 aliphatic heterocycles. The summed E-state index contributed by atoms with van der Waals surface area (Å²) in [6.45, 7) is 2.00. The molecule has 106 valence electrons. The smallest absolute Gasteiger partial charge is 0.163 e. The van der Waals surface area contributed by atoms with E-state index in [1.165, 1.54) is 0 Å². The molecule has 3 nitrogen and oxygen atoms in total. The van der Waals surface area contributed by atoms with Crippen LogP contribution in [0.5, 0.6) is 0 Å². The molecule has 0 spiro atoms. The summed E-state index contributed by atoms with van der Waals surface area (Å²) in [5.41, 5.74) is 2.74. The number of hydrogen-bond donors (Lipinski definition) is 1. The summed E-state index contributed by atoms with van der Waals surface area (Å²) in [7, 11) is 1.82. The van der Waals surface area contributed by atoms with Crippen molar-refractivity contribution in [2.45, 2.75) is 6.92 Å². The van der Waals surface area contributed by atoms with Crippen LogP contribution >= 0.6 is 23.2 Å². The van der Waals surface area contributed by atoms with Gasteiger partial charge in [0.25, 0.3) is 0 Å². The number of hydrogen-bond acceptors (Lipinski definition) is 3. The van der Waals surface area contributed by atoms with Gasteiger partial charge in [0, 0.05) is 23.0 Å². The lowest BCUT2D eigenvalue weighted by molar-refractivity contribution is 1.21. The van der Waals surface area contributed by atoms with Crippen LogP contribution in [0.1, 0.15) is 5.56 Å². The van der Waals surface area contributed by atoms with Crippen molar-refractivity contribution in [3.63, 3.8) is 0 Å². The zero-order chi connectivity index (χ0) is 15.0. The monoisotopic (exact) mass is 317 g/mol. The summed E-state index contributed by atoms with van der Waals surface area (Å²) in [4.78, 5) is 9.15. The van der Waals surface area contributed by atoms with E-state index in [1.54, 1.807) is 0 Å². The number of halogens is 2. The first-order valence-corrected chi connectivity index (χ1v) is 7.25. The molecular formula is C16H13Cl2N3. The summed E-state index contributed by atoms with van der Waals surface area (Å²) in [6.07, 6.45) is 0. The molecule has 0 bridgehead atoms. The van der Waals surface area contributed by atoms with E-state index in [0.717, 1.165) is 27.8 Å². The minimum atomic E-state index is 0.596. The Kier molecular flexibility index (Phi) is 3.70. The number of fused-ring (bicyclic) bond motifs is 1. The molecule has 2 aromatic carbocycles. The highest BCUT2D eigenvalue weighted by Gasteiger charge is 2.11. The van der Waals surface area contributed by atoms with Crippen LogP contribution in [0, 0.1) is 6.92 Å². The summed E-state index contributed by atoms with van der Waals surface area (Å²) < 4.78 is 0. The summed E-state index contributed by atoms with van der Waals surface area (Å²) in [5.74, 6) is 1.33. The lowest BCUT2D eigenvalue weighted by atomic mass is 10.1. The van der Waals surface area contributed by atoms with Crippen LogP contribution in [-0.2, 0) is 0 Å². The maximum absolute atomic E-state index is 6.31. The van der Waals surface area contributed by atoms with Crippen LogP contribution in [0.2, 0.25) is 10.0 Å². The molecule has 3 aromatic rings. The minimum absolute atomic E-state index is 0.596. The summed E-state index contributed by atoms with van der Waals surface area (Å²) in [6, 6.07) is 11.4. The van der Waals surface area contributed by atoms with Crippen molar-refractivity contribution in [1.82, 2.24) is 9.97 Å². The Morgan fingerprint density at radius 2 is 1.81 bits per heavy atom. The Morgan fingerprint density at radius 3 is 2.52 bits per heavy atom. The fourth-order valence-corrected chi connectivity index (χ4v) is 2.70. The van der Waals surface area contributed by atoms with Crippen molar-refractivity contribution in [2.75, 3.05) is 12.4 Å². The average molecular weight is 318 g/mol. The largest absolute Gasteiger partial charge is 0.373 e. The Bertz CT molecular complexity index is 831. The maximum atomic E-state index is 6.31. The molecule has 1 heterocycles. The van der Waals surface area contributed by atoms with Gasteiger partial charge in [-0.25, -0.2) is 9.97 Å². The van der Waals surface area contributed by atoms with E-state index in [9.17, 15) is 0 Å². The van der Waals surface area contributed by atoms with E-state index in [-0.39, 0.29) is 0 Å². The zero-order valence-electron chi connectivity index (χ0n) is 11.6. The number of aryl methyl sites for hydroxylation is 1. The Balaban J connectivity index is 2.26. The molecule has 0 fully saturated rings. The first-order valence-electron chi connectivity index (χ1n) is 6.50. The molecule has 0 atom stereocenters. The second-order valence-corrected chi connectivity index (χ2v) is 5.63. The second-order valence-electron chi connectivity index (χ2n) is 4.79. The van der Waals surface area contributed by atoms with E-state index in [1.807, 2.05) is 50.4 Å². The Morgan fingerprint density at radius 1 is 1.00 bits per heavy atom. The van der Waals surface area contributed by atoms with E-state index in [4.69, 9.17) is 23.2 Å². The van der Waals surface area contributed by atoms with Crippen molar-refractivity contribution in [1.29, 1.82) is 0 Å². The highest BCUT2D eigenvalue weighted by atomic mass is 35.5. The normalized spacial score (nSPS) is 10.9. The number of anilines is 1. The molecule has 0 aliphatic carbocycles. The third-order valence-corrected chi connectivity index (χ3v) is 3.81. The first kappa shape index (κ1) is 14.1. The van der Waals surface area contributed by atoms with Crippen LogP contribution in [0.3, 0.4) is 0 Å². The van der Waals surface area contributed by atoms with Gasteiger partial charge in [-0.3, -0.25) is 0 Å². The Hall–Kier alpha value is -1.84. The fourth-order valence-electron chi connectivity index (χ4n) is 2.21. The zero-order valence-corrected chi connectivity index (χ0v) is 13.1. The van der Waals surface area contributed by atoms with Gasteiger partial charge in [-0.1, -0.05) is 29.3 Å². The predicted octanol–water partition coefficient (Wildman–Crippen LogP) is 4.95. The summed E-state index contributed by atoms with van der Waals surface area (Å²) in [5, 5.41) is 5.27. The molecule has 0 radical (unpaired) electrons. The maximum Gasteiger partial charge on any atom is 0.163 e. The van der Waals surface area contributed by atoms with Gasteiger partial charge in [0.2, 0.25) is 0 Å². The fraction of sp³-hybridized carbons (Fsp3) is 0.125. The quantitative estimate of drug-likeness (QED) is 0.726. The van der Waals surface area contributed by atoms with Crippen molar-refractivity contribution in [3.8, 4) is 11.4 Å². The van der Waals surface area contributed by atoms with Gasteiger partial charge in [-0.05, 0) is 42.8 Å². The van der Waals surface area contributed by atoms with Gasteiger partial charge >= 0.3 is 0 Å². The lowest BCUT2D eigenvalue weighted by Crippen LogP contribution is -1.99. The van der Waals surface area contributed by atoms with Crippen LogP contribution in [0.25, 0.3) is 22.3 Å². The number of nitrogens with one attached hydrogen (secondary N) is 1. The van der Waals surface area contributed by atoms with Gasteiger partial charge < -0.3 is 5.32 Å². The van der Waals surface area contributed by atoms with Crippen LogP contribution in [-0.4, -0.2) is 17.0 Å². The average Bonchev–Trinajstić information content (AvgIpc) is 2.46. The molecule has 0 amide bonds. The number of aromatic nitrogens is 2. The number of benzene rings is 2. The van der Waals surface area contributed by atoms with Gasteiger partial charge in [0.15, 0.2) is 5.82 Å². The van der Waals surface area contributed by atoms with Gasteiger partial charge in [0.05, 0.1) is 10.5 Å². The van der Waals surface area contributed by atoms with Crippen LogP contribution in [0.4, 0.5) is 5.82 Å². The molecule has 21 heavy (non-hydrogen) atoms. The van der Waals surface area contributed by atoms with E-state index in [2.05, 4.69) is 15.3 Å². The molecule has 0 saturated carbocycles. The molecule has 0 unspecified atom stereocenters. The number of rotatable bonds is 2. The molecule has 5 heteroatoms. The van der Waals surface area contributed by atoms with E-state index in [0.29, 0.717) is 15.9 Å². The molecular weight excluding hydrogens is 305 g/mol. The van der Waals surface area contributed by atoms with Gasteiger partial charge in [-0.15, -0.1) is 0 Å².